The number of nitrogens with one attached hydrogen (secondary N) is 2. The lowest BCUT2D eigenvalue weighted by atomic mass is 10.1. The molecular weight excluding hydrogens is 392 g/mol. The zero-order chi connectivity index (χ0) is 21.8. The van der Waals surface area contributed by atoms with E-state index >= 15 is 0 Å². The van der Waals surface area contributed by atoms with Crippen molar-refractivity contribution >= 4 is 27.6 Å². The summed E-state index contributed by atoms with van der Waals surface area (Å²) in [4.78, 5) is 24.3. The summed E-state index contributed by atoms with van der Waals surface area (Å²) in [7, 11) is -3.86. The van der Waals surface area contributed by atoms with Crippen LogP contribution in [0.5, 0.6) is 0 Å². The summed E-state index contributed by atoms with van der Waals surface area (Å²) in [5.74, 6) is -1.34. The Labute approximate surface area is 171 Å². The molecule has 1 atom stereocenters. The van der Waals surface area contributed by atoms with Crippen LogP contribution in [0.4, 0.5) is 5.69 Å². The topological polar surface area (TPSA) is 102 Å². The van der Waals surface area contributed by atoms with Crippen molar-refractivity contribution in [2.75, 3.05) is 11.9 Å². The highest BCUT2D eigenvalue weighted by molar-refractivity contribution is 7.89. The van der Waals surface area contributed by atoms with Gasteiger partial charge in [-0.05, 0) is 69.5 Å². The summed E-state index contributed by atoms with van der Waals surface area (Å²) in [6.45, 7) is 8.34. The first kappa shape index (κ1) is 22.6. The molecule has 29 heavy (non-hydrogen) atoms. The molecule has 0 bridgehead atoms. The molecule has 0 saturated carbocycles. The molecule has 0 radical (unpaired) electrons. The van der Waals surface area contributed by atoms with Gasteiger partial charge in [0.25, 0.3) is 5.91 Å². The van der Waals surface area contributed by atoms with Gasteiger partial charge in [-0.3, -0.25) is 9.59 Å². The fraction of sp³-hybridized carbons (Fsp3) is 0.333. The Balaban J connectivity index is 1.92. The molecule has 2 rings (SSSR count). The summed E-state index contributed by atoms with van der Waals surface area (Å²) in [6, 6.07) is 10.3. The van der Waals surface area contributed by atoms with Crippen LogP contribution in [-0.2, 0) is 24.3 Å². The average Bonchev–Trinajstić information content (AvgIpc) is 2.64. The number of hydrogen-bond acceptors (Lipinski definition) is 5. The highest BCUT2D eigenvalue weighted by atomic mass is 32.2. The third-order valence-corrected chi connectivity index (χ3v) is 5.91. The fourth-order valence-electron chi connectivity index (χ4n) is 2.60. The molecule has 7 nitrogen and oxygen atoms in total. The summed E-state index contributed by atoms with van der Waals surface area (Å²) in [5.41, 5.74) is 4.37. The number of sulfonamides is 1. The van der Waals surface area contributed by atoms with E-state index in [-0.39, 0.29) is 4.90 Å². The van der Waals surface area contributed by atoms with Gasteiger partial charge < -0.3 is 10.1 Å². The molecule has 0 heterocycles. The minimum Gasteiger partial charge on any atom is -0.452 e. The quantitative estimate of drug-likeness (QED) is 0.673. The van der Waals surface area contributed by atoms with E-state index in [1.54, 1.807) is 19.1 Å². The van der Waals surface area contributed by atoms with Gasteiger partial charge in [0, 0.05) is 5.69 Å². The molecule has 1 amide bonds. The highest BCUT2D eigenvalue weighted by Crippen LogP contribution is 2.17. The van der Waals surface area contributed by atoms with Crippen LogP contribution in [0.25, 0.3) is 0 Å². The van der Waals surface area contributed by atoms with Crippen molar-refractivity contribution in [2.24, 2.45) is 0 Å². The molecule has 0 spiro atoms. The van der Waals surface area contributed by atoms with Crippen LogP contribution in [0, 0.1) is 27.7 Å². The van der Waals surface area contributed by atoms with Crippen molar-refractivity contribution in [3.8, 4) is 0 Å². The number of carbonyl (C=O) groups is 2. The first-order chi connectivity index (χ1) is 13.5. The Hall–Kier alpha value is -2.71. The maximum absolute atomic E-state index is 12.3. The normalized spacial score (nSPS) is 12.3. The van der Waals surface area contributed by atoms with Gasteiger partial charge in [0.05, 0.1) is 4.90 Å². The SMILES string of the molecule is Cc1ccc(NC(=O)C(C)OC(=O)CNS(=O)(=O)c2ccc(C)c(C)c2)c(C)c1. The van der Waals surface area contributed by atoms with Gasteiger partial charge in [-0.15, -0.1) is 0 Å². The molecule has 0 aliphatic rings. The lowest BCUT2D eigenvalue weighted by molar-refractivity contribution is -0.151. The third kappa shape index (κ3) is 6.13. The molecule has 0 saturated heterocycles. The smallest absolute Gasteiger partial charge is 0.321 e. The average molecular weight is 419 g/mol. The van der Waals surface area contributed by atoms with E-state index in [1.165, 1.54) is 19.1 Å². The van der Waals surface area contributed by atoms with E-state index in [4.69, 9.17) is 4.74 Å². The second kappa shape index (κ2) is 9.19. The predicted molar refractivity (Wildman–Crippen MR) is 111 cm³/mol. The van der Waals surface area contributed by atoms with Gasteiger partial charge in [0.2, 0.25) is 10.0 Å². The molecule has 0 aromatic heterocycles. The van der Waals surface area contributed by atoms with Gasteiger partial charge in [0.1, 0.15) is 6.54 Å². The zero-order valence-electron chi connectivity index (χ0n) is 17.2. The minimum atomic E-state index is -3.86. The van der Waals surface area contributed by atoms with Gasteiger partial charge in [-0.2, -0.15) is 4.72 Å². The predicted octanol–water partition coefficient (Wildman–Crippen LogP) is 2.77. The fourth-order valence-corrected chi connectivity index (χ4v) is 3.65. The molecule has 156 valence electrons. The first-order valence-electron chi connectivity index (χ1n) is 9.14. The molecule has 2 aromatic rings. The Morgan fingerprint density at radius 2 is 1.66 bits per heavy atom. The van der Waals surface area contributed by atoms with Crippen molar-refractivity contribution in [2.45, 2.75) is 45.6 Å². The second-order valence-electron chi connectivity index (χ2n) is 7.01. The standard InChI is InChI=1S/C21H26N2O5S/c1-13-6-9-19(16(4)10-13)23-21(25)17(5)28-20(24)12-22-29(26,27)18-8-7-14(2)15(3)11-18/h6-11,17,22H,12H2,1-5H3,(H,23,25). The van der Waals surface area contributed by atoms with Gasteiger partial charge in [-0.25, -0.2) is 8.42 Å². The molecule has 2 N–H and O–H groups in total. The van der Waals surface area contributed by atoms with E-state index < -0.39 is 34.5 Å². The molecule has 0 fully saturated rings. The summed E-state index contributed by atoms with van der Waals surface area (Å²) in [6.07, 6.45) is -1.07. The number of ether oxygens (including phenoxy) is 1. The van der Waals surface area contributed by atoms with Crippen LogP contribution in [0.15, 0.2) is 41.3 Å². The number of rotatable bonds is 7. The Kier molecular flexibility index (Phi) is 7.16. The van der Waals surface area contributed by atoms with Gasteiger partial charge in [0.15, 0.2) is 6.10 Å². The maximum Gasteiger partial charge on any atom is 0.321 e. The number of amides is 1. The Bertz CT molecular complexity index is 1030. The van der Waals surface area contributed by atoms with Crippen LogP contribution in [0.1, 0.15) is 29.2 Å². The van der Waals surface area contributed by atoms with Gasteiger partial charge >= 0.3 is 5.97 Å². The molecule has 0 aliphatic carbocycles. The van der Waals surface area contributed by atoms with Crippen molar-refractivity contribution in [3.05, 3.63) is 58.7 Å². The van der Waals surface area contributed by atoms with E-state index in [0.717, 1.165) is 22.3 Å². The number of anilines is 1. The molecule has 8 heteroatoms. The van der Waals surface area contributed by atoms with Crippen LogP contribution in [0.3, 0.4) is 0 Å². The molecular formula is C21H26N2O5S. The summed E-state index contributed by atoms with van der Waals surface area (Å²) in [5, 5.41) is 2.70. The Morgan fingerprint density at radius 1 is 0.966 bits per heavy atom. The summed E-state index contributed by atoms with van der Waals surface area (Å²) >= 11 is 0. The maximum atomic E-state index is 12.3. The first-order valence-corrected chi connectivity index (χ1v) is 10.6. The van der Waals surface area contributed by atoms with Crippen molar-refractivity contribution < 1.29 is 22.7 Å². The lowest BCUT2D eigenvalue weighted by Crippen LogP contribution is -2.36. The third-order valence-electron chi connectivity index (χ3n) is 4.51. The van der Waals surface area contributed by atoms with Crippen molar-refractivity contribution in [1.82, 2.24) is 4.72 Å². The monoisotopic (exact) mass is 418 g/mol. The van der Waals surface area contributed by atoms with Crippen molar-refractivity contribution in [3.63, 3.8) is 0 Å². The largest absolute Gasteiger partial charge is 0.452 e. The zero-order valence-corrected chi connectivity index (χ0v) is 18.0. The lowest BCUT2D eigenvalue weighted by Gasteiger charge is -2.15. The number of benzene rings is 2. The van der Waals surface area contributed by atoms with Crippen LogP contribution in [0.2, 0.25) is 0 Å². The molecule has 0 aliphatic heterocycles. The van der Waals surface area contributed by atoms with E-state index in [0.29, 0.717) is 5.69 Å². The number of carbonyl (C=O) groups excluding carboxylic acids is 2. The minimum absolute atomic E-state index is 0.0639. The molecule has 2 aromatic carbocycles. The van der Waals surface area contributed by atoms with Gasteiger partial charge in [-0.1, -0.05) is 23.8 Å². The second-order valence-corrected chi connectivity index (χ2v) is 8.78. The van der Waals surface area contributed by atoms with E-state index in [2.05, 4.69) is 10.0 Å². The highest BCUT2D eigenvalue weighted by Gasteiger charge is 2.21. The molecule has 1 unspecified atom stereocenters. The number of esters is 1. The van der Waals surface area contributed by atoms with Crippen LogP contribution >= 0.6 is 0 Å². The Morgan fingerprint density at radius 3 is 2.28 bits per heavy atom. The van der Waals surface area contributed by atoms with E-state index in [9.17, 15) is 18.0 Å². The van der Waals surface area contributed by atoms with E-state index in [1.807, 2.05) is 32.9 Å². The number of aryl methyl sites for hydroxylation is 4. The number of hydrogen-bond donors (Lipinski definition) is 2. The van der Waals surface area contributed by atoms with Crippen LogP contribution < -0.4 is 10.0 Å². The summed E-state index contributed by atoms with van der Waals surface area (Å²) < 4.78 is 31.9. The van der Waals surface area contributed by atoms with Crippen molar-refractivity contribution in [1.29, 1.82) is 0 Å². The van der Waals surface area contributed by atoms with Crippen LogP contribution in [-0.4, -0.2) is 32.9 Å².